The average molecular weight is 196 g/mol. The molecular formula is C11H20N2O. The maximum atomic E-state index is 5.03. The van der Waals surface area contributed by atoms with Crippen molar-refractivity contribution in [2.24, 2.45) is 0 Å². The molecule has 80 valence electrons. The minimum atomic E-state index is 0.557. The minimum Gasteiger partial charge on any atom is -0.383 e. The van der Waals surface area contributed by atoms with Crippen molar-refractivity contribution in [1.82, 2.24) is 9.78 Å². The van der Waals surface area contributed by atoms with E-state index in [1.807, 2.05) is 4.68 Å². The van der Waals surface area contributed by atoms with Gasteiger partial charge in [0.1, 0.15) is 0 Å². The number of aryl methyl sites for hydroxylation is 1. The predicted octanol–water partition coefficient (Wildman–Crippen LogP) is 2.22. The molecule has 0 aliphatic rings. The van der Waals surface area contributed by atoms with E-state index in [9.17, 15) is 0 Å². The van der Waals surface area contributed by atoms with E-state index in [2.05, 4.69) is 32.1 Å². The number of aromatic nitrogens is 2. The lowest BCUT2D eigenvalue weighted by Gasteiger charge is -2.01. The Morgan fingerprint density at radius 2 is 2.21 bits per heavy atom. The van der Waals surface area contributed by atoms with Crippen molar-refractivity contribution in [2.45, 2.75) is 39.7 Å². The van der Waals surface area contributed by atoms with Crippen LogP contribution in [0.4, 0.5) is 0 Å². The summed E-state index contributed by atoms with van der Waals surface area (Å²) in [4.78, 5) is 0. The Labute approximate surface area is 86.1 Å². The van der Waals surface area contributed by atoms with E-state index in [1.54, 1.807) is 7.11 Å². The quantitative estimate of drug-likeness (QED) is 0.722. The molecule has 0 amide bonds. The maximum absolute atomic E-state index is 5.03. The number of methoxy groups -OCH3 is 1. The molecule has 0 aliphatic carbocycles. The normalized spacial score (nSPS) is 11.2. The molecule has 0 N–H and O–H groups in total. The third-order valence-corrected chi connectivity index (χ3v) is 2.35. The molecule has 1 aromatic heterocycles. The van der Waals surface area contributed by atoms with Gasteiger partial charge in [-0.1, -0.05) is 20.8 Å². The molecule has 3 heteroatoms. The molecule has 0 atom stereocenters. The zero-order valence-electron chi connectivity index (χ0n) is 9.58. The number of nitrogens with zero attached hydrogens (tertiary/aromatic N) is 2. The maximum Gasteiger partial charge on any atom is 0.0658 e. The van der Waals surface area contributed by atoms with Crippen molar-refractivity contribution in [3.05, 3.63) is 17.5 Å². The minimum absolute atomic E-state index is 0.557. The summed E-state index contributed by atoms with van der Waals surface area (Å²) in [6, 6.07) is 0. The Morgan fingerprint density at radius 3 is 2.64 bits per heavy atom. The van der Waals surface area contributed by atoms with Gasteiger partial charge in [0.05, 0.1) is 18.8 Å². The van der Waals surface area contributed by atoms with Crippen LogP contribution in [0.2, 0.25) is 0 Å². The van der Waals surface area contributed by atoms with Crippen molar-refractivity contribution in [3.8, 4) is 0 Å². The molecule has 14 heavy (non-hydrogen) atoms. The second-order valence-electron chi connectivity index (χ2n) is 3.80. The van der Waals surface area contributed by atoms with Crippen molar-refractivity contribution in [3.63, 3.8) is 0 Å². The van der Waals surface area contributed by atoms with Crippen molar-refractivity contribution in [2.75, 3.05) is 13.7 Å². The van der Waals surface area contributed by atoms with Crippen LogP contribution in [0, 0.1) is 0 Å². The summed E-state index contributed by atoms with van der Waals surface area (Å²) in [7, 11) is 1.72. The summed E-state index contributed by atoms with van der Waals surface area (Å²) in [6.45, 7) is 8.13. The van der Waals surface area contributed by atoms with E-state index >= 15 is 0 Å². The first-order valence-electron chi connectivity index (χ1n) is 5.24. The van der Waals surface area contributed by atoms with Gasteiger partial charge < -0.3 is 4.74 Å². The van der Waals surface area contributed by atoms with Crippen molar-refractivity contribution >= 4 is 0 Å². The SMILES string of the molecule is CCc1nn(CCOC)cc1C(C)C. The van der Waals surface area contributed by atoms with Gasteiger partial charge in [-0.05, 0) is 17.9 Å². The van der Waals surface area contributed by atoms with Crippen LogP contribution < -0.4 is 0 Å². The second-order valence-corrected chi connectivity index (χ2v) is 3.80. The van der Waals surface area contributed by atoms with E-state index in [0.29, 0.717) is 5.92 Å². The van der Waals surface area contributed by atoms with E-state index in [1.165, 1.54) is 11.3 Å². The fourth-order valence-corrected chi connectivity index (χ4v) is 1.53. The standard InChI is InChI=1S/C11H20N2O/c1-5-11-10(9(2)3)8-13(12-11)6-7-14-4/h8-9H,5-7H2,1-4H3. The Balaban J connectivity index is 2.78. The smallest absolute Gasteiger partial charge is 0.0658 e. The monoisotopic (exact) mass is 196 g/mol. The van der Waals surface area contributed by atoms with Crippen LogP contribution >= 0.6 is 0 Å². The lowest BCUT2D eigenvalue weighted by Crippen LogP contribution is -2.04. The topological polar surface area (TPSA) is 27.1 Å². The molecule has 0 aromatic carbocycles. The Morgan fingerprint density at radius 1 is 1.50 bits per heavy atom. The summed E-state index contributed by atoms with van der Waals surface area (Å²) in [6.07, 6.45) is 3.15. The van der Waals surface area contributed by atoms with Gasteiger partial charge in [0.25, 0.3) is 0 Å². The van der Waals surface area contributed by atoms with Gasteiger partial charge in [0.15, 0.2) is 0 Å². The van der Waals surface area contributed by atoms with E-state index < -0.39 is 0 Å². The number of ether oxygens (including phenoxy) is 1. The Kier molecular flexibility index (Phi) is 4.14. The van der Waals surface area contributed by atoms with Gasteiger partial charge in [0.2, 0.25) is 0 Å². The molecular weight excluding hydrogens is 176 g/mol. The van der Waals surface area contributed by atoms with Crippen LogP contribution in [0.3, 0.4) is 0 Å². The Hall–Kier alpha value is -0.830. The zero-order valence-corrected chi connectivity index (χ0v) is 9.58. The highest BCUT2D eigenvalue weighted by Crippen LogP contribution is 2.18. The van der Waals surface area contributed by atoms with Crippen LogP contribution in [0.15, 0.2) is 6.20 Å². The van der Waals surface area contributed by atoms with Crippen LogP contribution in [0.25, 0.3) is 0 Å². The lowest BCUT2D eigenvalue weighted by atomic mass is 10.0. The molecule has 1 rings (SSSR count). The third kappa shape index (κ3) is 2.58. The molecule has 0 spiro atoms. The fraction of sp³-hybridized carbons (Fsp3) is 0.727. The number of rotatable bonds is 5. The van der Waals surface area contributed by atoms with E-state index in [-0.39, 0.29) is 0 Å². The first kappa shape index (κ1) is 11.2. The summed E-state index contributed by atoms with van der Waals surface area (Å²) in [5, 5.41) is 4.52. The van der Waals surface area contributed by atoms with Gasteiger partial charge in [0, 0.05) is 13.3 Å². The first-order valence-corrected chi connectivity index (χ1v) is 5.24. The summed E-state index contributed by atoms with van der Waals surface area (Å²) >= 11 is 0. The van der Waals surface area contributed by atoms with Crippen LogP contribution in [0.1, 0.15) is 37.9 Å². The molecule has 0 aliphatic heterocycles. The molecule has 1 heterocycles. The van der Waals surface area contributed by atoms with Crippen LogP contribution in [-0.4, -0.2) is 23.5 Å². The average Bonchev–Trinajstić information content (AvgIpc) is 2.57. The predicted molar refractivity (Wildman–Crippen MR) is 57.6 cm³/mol. The van der Waals surface area contributed by atoms with Crippen LogP contribution in [-0.2, 0) is 17.7 Å². The van der Waals surface area contributed by atoms with Gasteiger partial charge >= 0.3 is 0 Å². The highest BCUT2D eigenvalue weighted by Gasteiger charge is 2.09. The summed E-state index contributed by atoms with van der Waals surface area (Å²) in [5.74, 6) is 0.557. The second kappa shape index (κ2) is 5.15. The first-order chi connectivity index (χ1) is 6.69. The zero-order chi connectivity index (χ0) is 10.6. The van der Waals surface area contributed by atoms with Crippen molar-refractivity contribution in [1.29, 1.82) is 0 Å². The van der Waals surface area contributed by atoms with Crippen LogP contribution in [0.5, 0.6) is 0 Å². The fourth-order valence-electron chi connectivity index (χ4n) is 1.53. The molecule has 1 aromatic rings. The molecule has 0 saturated heterocycles. The largest absolute Gasteiger partial charge is 0.383 e. The third-order valence-electron chi connectivity index (χ3n) is 2.35. The van der Waals surface area contributed by atoms with Crippen molar-refractivity contribution < 1.29 is 4.74 Å². The highest BCUT2D eigenvalue weighted by atomic mass is 16.5. The summed E-state index contributed by atoms with van der Waals surface area (Å²) in [5.41, 5.74) is 2.58. The molecule has 0 saturated carbocycles. The molecule has 3 nitrogen and oxygen atoms in total. The van der Waals surface area contributed by atoms with E-state index in [0.717, 1.165) is 19.6 Å². The van der Waals surface area contributed by atoms with Gasteiger partial charge in [-0.25, -0.2) is 0 Å². The molecule has 0 unspecified atom stereocenters. The molecule has 0 fully saturated rings. The summed E-state index contributed by atoms with van der Waals surface area (Å²) < 4.78 is 7.01. The molecule has 0 radical (unpaired) electrons. The van der Waals surface area contributed by atoms with Gasteiger partial charge in [-0.15, -0.1) is 0 Å². The van der Waals surface area contributed by atoms with E-state index in [4.69, 9.17) is 4.74 Å². The number of hydrogen-bond acceptors (Lipinski definition) is 2. The van der Waals surface area contributed by atoms with Gasteiger partial charge in [-0.2, -0.15) is 5.10 Å². The Bertz CT molecular complexity index is 279. The van der Waals surface area contributed by atoms with Gasteiger partial charge in [-0.3, -0.25) is 4.68 Å². The number of hydrogen-bond donors (Lipinski definition) is 0. The highest BCUT2D eigenvalue weighted by molar-refractivity contribution is 5.20. The molecule has 0 bridgehead atoms. The lowest BCUT2D eigenvalue weighted by molar-refractivity contribution is 0.183.